The van der Waals surface area contributed by atoms with Crippen LogP contribution in [-0.2, 0) is 13.0 Å². The Bertz CT molecular complexity index is 649. The minimum absolute atomic E-state index is 0.258. The third kappa shape index (κ3) is 5.57. The van der Waals surface area contributed by atoms with Crippen LogP contribution in [0.3, 0.4) is 0 Å². The maximum absolute atomic E-state index is 12.1. The number of ether oxygens (including phenoxy) is 1. The molecular formula is C15H17F2N3O2S. The second-order valence-corrected chi connectivity index (χ2v) is 5.64. The quantitative estimate of drug-likeness (QED) is 0.772. The normalized spacial score (nSPS) is 10.8. The zero-order chi connectivity index (χ0) is 16.7. The summed E-state index contributed by atoms with van der Waals surface area (Å²) < 4.78 is 29.2. The predicted octanol–water partition coefficient (Wildman–Crippen LogP) is 2.22. The standard InChI is InChI=1S/C15H17F2N3O2S/c16-13(17)8-22-11-3-1-2-10(6-11)7-19-15(21)12-9-23-14(20-12)4-5-18/h1-3,6,9,13H,4-5,7-8,18H2,(H,19,21). The number of halogens is 2. The molecule has 0 fully saturated rings. The van der Waals surface area contributed by atoms with Crippen LogP contribution in [0.5, 0.6) is 5.75 Å². The second-order valence-electron chi connectivity index (χ2n) is 4.70. The van der Waals surface area contributed by atoms with Gasteiger partial charge < -0.3 is 15.8 Å². The lowest BCUT2D eigenvalue weighted by Crippen LogP contribution is -2.23. The molecule has 0 spiro atoms. The van der Waals surface area contributed by atoms with Crippen LogP contribution in [0.2, 0.25) is 0 Å². The maximum Gasteiger partial charge on any atom is 0.272 e. The number of rotatable bonds is 8. The van der Waals surface area contributed by atoms with E-state index in [-0.39, 0.29) is 12.5 Å². The first-order valence-electron chi connectivity index (χ1n) is 7.01. The van der Waals surface area contributed by atoms with E-state index in [0.29, 0.717) is 24.4 Å². The number of hydrogen-bond acceptors (Lipinski definition) is 5. The molecule has 0 radical (unpaired) electrons. The van der Waals surface area contributed by atoms with Crippen LogP contribution in [0.4, 0.5) is 8.78 Å². The van der Waals surface area contributed by atoms with Crippen molar-refractivity contribution >= 4 is 17.2 Å². The molecule has 5 nitrogen and oxygen atoms in total. The molecule has 23 heavy (non-hydrogen) atoms. The topological polar surface area (TPSA) is 77.2 Å². The van der Waals surface area contributed by atoms with Crippen molar-refractivity contribution in [3.05, 3.63) is 45.9 Å². The van der Waals surface area contributed by atoms with Crippen molar-refractivity contribution in [1.29, 1.82) is 0 Å². The first-order chi connectivity index (χ1) is 11.1. The molecule has 1 heterocycles. The van der Waals surface area contributed by atoms with Gasteiger partial charge in [0.2, 0.25) is 0 Å². The fraction of sp³-hybridized carbons (Fsp3) is 0.333. The third-order valence-corrected chi connectivity index (χ3v) is 3.78. The molecule has 2 rings (SSSR count). The number of benzene rings is 1. The van der Waals surface area contributed by atoms with Gasteiger partial charge in [-0.2, -0.15) is 0 Å². The molecule has 3 N–H and O–H groups in total. The van der Waals surface area contributed by atoms with Crippen LogP contribution in [0.1, 0.15) is 21.1 Å². The van der Waals surface area contributed by atoms with Crippen LogP contribution < -0.4 is 15.8 Å². The molecule has 1 aromatic heterocycles. The van der Waals surface area contributed by atoms with Crippen molar-refractivity contribution in [1.82, 2.24) is 10.3 Å². The summed E-state index contributed by atoms with van der Waals surface area (Å²) in [5.74, 6) is 0.0550. The number of hydrogen-bond donors (Lipinski definition) is 2. The van der Waals surface area contributed by atoms with E-state index in [1.165, 1.54) is 11.3 Å². The number of carbonyl (C=O) groups is 1. The average molecular weight is 341 g/mol. The highest BCUT2D eigenvalue weighted by Crippen LogP contribution is 2.15. The Hall–Kier alpha value is -2.06. The lowest BCUT2D eigenvalue weighted by Gasteiger charge is -2.08. The number of carbonyl (C=O) groups excluding carboxylic acids is 1. The minimum Gasteiger partial charge on any atom is -0.488 e. The van der Waals surface area contributed by atoms with Gasteiger partial charge in [-0.1, -0.05) is 12.1 Å². The van der Waals surface area contributed by atoms with Crippen LogP contribution in [0.25, 0.3) is 0 Å². The molecular weight excluding hydrogens is 324 g/mol. The number of thiazole rings is 1. The Morgan fingerprint density at radius 3 is 3.00 bits per heavy atom. The molecule has 8 heteroatoms. The first-order valence-corrected chi connectivity index (χ1v) is 7.89. The Morgan fingerprint density at radius 2 is 2.26 bits per heavy atom. The van der Waals surface area contributed by atoms with Crippen molar-refractivity contribution in [3.8, 4) is 5.75 Å². The Morgan fingerprint density at radius 1 is 1.43 bits per heavy atom. The van der Waals surface area contributed by atoms with Crippen LogP contribution >= 0.6 is 11.3 Å². The molecule has 124 valence electrons. The van der Waals surface area contributed by atoms with E-state index in [1.807, 2.05) is 0 Å². The van der Waals surface area contributed by atoms with Gasteiger partial charge in [0.25, 0.3) is 12.3 Å². The van der Waals surface area contributed by atoms with Gasteiger partial charge in [0, 0.05) is 18.3 Å². The Labute approximate surface area is 136 Å². The van der Waals surface area contributed by atoms with Gasteiger partial charge in [0.05, 0.1) is 5.01 Å². The Kier molecular flexibility index (Phi) is 6.42. The van der Waals surface area contributed by atoms with Crippen molar-refractivity contribution < 1.29 is 18.3 Å². The molecule has 2 aromatic rings. The molecule has 0 aliphatic heterocycles. The number of amides is 1. The highest BCUT2D eigenvalue weighted by atomic mass is 32.1. The van der Waals surface area contributed by atoms with Gasteiger partial charge in [-0.05, 0) is 24.2 Å². The smallest absolute Gasteiger partial charge is 0.272 e. The molecule has 0 unspecified atom stereocenters. The summed E-state index contributed by atoms with van der Waals surface area (Å²) in [6.07, 6.45) is -1.88. The van der Waals surface area contributed by atoms with Crippen LogP contribution in [0.15, 0.2) is 29.6 Å². The van der Waals surface area contributed by atoms with E-state index in [1.54, 1.807) is 29.6 Å². The van der Waals surface area contributed by atoms with Gasteiger partial charge in [0.1, 0.15) is 18.1 Å². The predicted molar refractivity (Wildman–Crippen MR) is 84.0 cm³/mol. The highest BCUT2D eigenvalue weighted by molar-refractivity contribution is 7.09. The number of alkyl halides is 2. The van der Waals surface area contributed by atoms with E-state index in [2.05, 4.69) is 10.3 Å². The van der Waals surface area contributed by atoms with Crippen molar-refractivity contribution in [2.24, 2.45) is 5.73 Å². The van der Waals surface area contributed by atoms with Gasteiger partial charge >= 0.3 is 0 Å². The summed E-state index contributed by atoms with van der Waals surface area (Å²) in [5, 5.41) is 5.24. The minimum atomic E-state index is -2.52. The van der Waals surface area contributed by atoms with E-state index in [9.17, 15) is 13.6 Å². The van der Waals surface area contributed by atoms with E-state index >= 15 is 0 Å². The van der Waals surface area contributed by atoms with Crippen molar-refractivity contribution in [3.63, 3.8) is 0 Å². The molecule has 0 aliphatic carbocycles. The molecule has 0 atom stereocenters. The SMILES string of the molecule is NCCc1nc(C(=O)NCc2cccc(OCC(F)F)c2)cs1. The molecule has 1 aromatic carbocycles. The lowest BCUT2D eigenvalue weighted by atomic mass is 10.2. The molecule has 0 saturated heterocycles. The highest BCUT2D eigenvalue weighted by Gasteiger charge is 2.10. The summed E-state index contributed by atoms with van der Waals surface area (Å²) in [7, 11) is 0. The lowest BCUT2D eigenvalue weighted by molar-refractivity contribution is 0.0818. The fourth-order valence-electron chi connectivity index (χ4n) is 1.83. The molecule has 1 amide bonds. The van der Waals surface area contributed by atoms with Crippen LogP contribution in [0, 0.1) is 0 Å². The van der Waals surface area contributed by atoms with Crippen molar-refractivity contribution in [2.45, 2.75) is 19.4 Å². The van der Waals surface area contributed by atoms with Gasteiger partial charge in [0.15, 0.2) is 0 Å². The average Bonchev–Trinajstić information content (AvgIpc) is 3.00. The molecule has 0 aliphatic rings. The number of nitrogens with two attached hydrogens (primary N) is 1. The fourth-order valence-corrected chi connectivity index (χ4v) is 2.62. The number of aromatic nitrogens is 1. The largest absolute Gasteiger partial charge is 0.488 e. The van der Waals surface area contributed by atoms with Crippen LogP contribution in [-0.4, -0.2) is 30.5 Å². The summed E-state index contributed by atoms with van der Waals surface area (Å²) in [6, 6.07) is 6.66. The maximum atomic E-state index is 12.1. The third-order valence-electron chi connectivity index (χ3n) is 2.87. The number of nitrogens with zero attached hydrogens (tertiary/aromatic N) is 1. The molecule has 0 saturated carbocycles. The van der Waals surface area contributed by atoms with E-state index in [4.69, 9.17) is 10.5 Å². The first kappa shape index (κ1) is 17.3. The summed E-state index contributed by atoms with van der Waals surface area (Å²) in [6.45, 7) is 0.0903. The van der Waals surface area contributed by atoms with Gasteiger partial charge in [-0.25, -0.2) is 13.8 Å². The van der Waals surface area contributed by atoms with Crippen molar-refractivity contribution in [2.75, 3.05) is 13.2 Å². The van der Waals surface area contributed by atoms with Gasteiger partial charge in [-0.15, -0.1) is 11.3 Å². The summed E-state index contributed by atoms with van der Waals surface area (Å²) >= 11 is 1.39. The monoisotopic (exact) mass is 341 g/mol. The summed E-state index contributed by atoms with van der Waals surface area (Å²) in [4.78, 5) is 16.2. The van der Waals surface area contributed by atoms with E-state index in [0.717, 1.165) is 10.6 Å². The zero-order valence-electron chi connectivity index (χ0n) is 12.3. The Balaban J connectivity index is 1.89. The number of nitrogens with one attached hydrogen (secondary N) is 1. The zero-order valence-corrected chi connectivity index (χ0v) is 13.1. The van der Waals surface area contributed by atoms with E-state index < -0.39 is 13.0 Å². The molecule has 0 bridgehead atoms. The van der Waals surface area contributed by atoms with Gasteiger partial charge in [-0.3, -0.25) is 4.79 Å². The second kappa shape index (κ2) is 8.54. The summed E-state index contributed by atoms with van der Waals surface area (Å²) in [5.41, 5.74) is 6.55.